The normalized spacial score (nSPS) is 16.5. The van der Waals surface area contributed by atoms with Crippen LogP contribution in [-0.4, -0.2) is 26.8 Å². The molecule has 2 aromatic carbocycles. The first kappa shape index (κ1) is 18.3. The van der Waals surface area contributed by atoms with E-state index in [4.69, 9.17) is 0 Å². The number of hydrogen-bond acceptors (Lipinski definition) is 2. The lowest BCUT2D eigenvalue weighted by Crippen LogP contribution is -2.32. The first-order chi connectivity index (χ1) is 11.8. The Morgan fingerprint density at radius 1 is 1.08 bits per heavy atom. The maximum Gasteiger partial charge on any atom is 0.186 e. The molecule has 0 fully saturated rings. The average Bonchev–Trinajstić information content (AvgIpc) is 2.59. The number of fused-ring (bicyclic) bond motifs is 1. The van der Waals surface area contributed by atoms with E-state index in [9.17, 15) is 8.76 Å². The van der Waals surface area contributed by atoms with Crippen molar-refractivity contribution in [3.05, 3.63) is 64.7 Å². The maximum absolute atomic E-state index is 11.2. The molecule has 1 aliphatic heterocycles. The molecule has 1 unspecified atom stereocenters. The highest BCUT2D eigenvalue weighted by atomic mass is 32.2. The summed E-state index contributed by atoms with van der Waals surface area (Å²) in [6.45, 7) is 9.70. The van der Waals surface area contributed by atoms with Crippen molar-refractivity contribution in [1.82, 2.24) is 4.90 Å². The van der Waals surface area contributed by atoms with Crippen LogP contribution >= 0.6 is 0 Å². The molecule has 1 heterocycles. The van der Waals surface area contributed by atoms with Gasteiger partial charge < -0.3 is 4.55 Å². The Morgan fingerprint density at radius 3 is 2.44 bits per heavy atom. The number of benzene rings is 2. The summed E-state index contributed by atoms with van der Waals surface area (Å²) in [5.41, 5.74) is 5.45. The van der Waals surface area contributed by atoms with Gasteiger partial charge in [0.15, 0.2) is 11.1 Å². The van der Waals surface area contributed by atoms with E-state index in [0.717, 1.165) is 32.5 Å². The van der Waals surface area contributed by atoms with E-state index in [2.05, 4.69) is 49.9 Å². The van der Waals surface area contributed by atoms with E-state index in [1.807, 2.05) is 12.1 Å². The Kier molecular flexibility index (Phi) is 5.42. The average molecular weight is 358 g/mol. The van der Waals surface area contributed by atoms with Gasteiger partial charge in [0.05, 0.1) is 4.90 Å². The van der Waals surface area contributed by atoms with Crippen molar-refractivity contribution < 1.29 is 8.76 Å². The van der Waals surface area contributed by atoms with Crippen molar-refractivity contribution in [3.63, 3.8) is 0 Å². The van der Waals surface area contributed by atoms with Gasteiger partial charge in [-0.1, -0.05) is 51.1 Å². The van der Waals surface area contributed by atoms with Crippen LogP contribution < -0.4 is 0 Å². The van der Waals surface area contributed by atoms with Crippen LogP contribution in [0.5, 0.6) is 0 Å². The van der Waals surface area contributed by atoms with Crippen molar-refractivity contribution in [3.8, 4) is 0 Å². The summed E-state index contributed by atoms with van der Waals surface area (Å²) in [4.78, 5) is 2.97. The van der Waals surface area contributed by atoms with Gasteiger partial charge in [-0.25, -0.2) is 4.21 Å². The molecule has 0 aromatic heterocycles. The van der Waals surface area contributed by atoms with Crippen LogP contribution in [0.2, 0.25) is 0 Å². The van der Waals surface area contributed by atoms with E-state index < -0.39 is 11.1 Å². The SMILES string of the molecule is CC(C)(C)c1ccc(CCN2CCc3cc(S(=O)O)ccc3C2)cc1. The second-order valence-electron chi connectivity index (χ2n) is 7.90. The molecule has 1 aliphatic rings. The van der Waals surface area contributed by atoms with Crippen molar-refractivity contribution >= 4 is 11.1 Å². The topological polar surface area (TPSA) is 40.5 Å². The minimum absolute atomic E-state index is 0.201. The summed E-state index contributed by atoms with van der Waals surface area (Å²) in [7, 11) is 0. The molecule has 0 radical (unpaired) electrons. The zero-order valence-electron chi connectivity index (χ0n) is 15.3. The fourth-order valence-electron chi connectivity index (χ4n) is 3.35. The van der Waals surface area contributed by atoms with Crippen LogP contribution in [-0.2, 0) is 35.9 Å². The van der Waals surface area contributed by atoms with Gasteiger partial charge in [0.2, 0.25) is 0 Å². The molecule has 2 aromatic rings. The third-order valence-corrected chi connectivity index (χ3v) is 5.66. The molecule has 0 saturated carbocycles. The zero-order valence-corrected chi connectivity index (χ0v) is 16.1. The first-order valence-electron chi connectivity index (χ1n) is 8.87. The fourth-order valence-corrected chi connectivity index (χ4v) is 3.77. The molecule has 1 atom stereocenters. The molecule has 3 rings (SSSR count). The lowest BCUT2D eigenvalue weighted by Gasteiger charge is -2.29. The Hall–Kier alpha value is -1.49. The molecular formula is C21H27NO2S. The molecule has 0 spiro atoms. The fraction of sp³-hybridized carbons (Fsp3) is 0.429. The van der Waals surface area contributed by atoms with Crippen LogP contribution in [0.1, 0.15) is 43.0 Å². The second kappa shape index (κ2) is 7.40. The summed E-state index contributed by atoms with van der Waals surface area (Å²) in [6, 6.07) is 14.7. The number of nitrogens with zero attached hydrogens (tertiary/aromatic N) is 1. The molecule has 1 N–H and O–H groups in total. The Balaban J connectivity index is 1.59. The molecular weight excluding hydrogens is 330 g/mol. The molecule has 3 nitrogen and oxygen atoms in total. The summed E-state index contributed by atoms with van der Waals surface area (Å²) in [5, 5.41) is 0. The monoisotopic (exact) mass is 357 g/mol. The quantitative estimate of drug-likeness (QED) is 0.835. The zero-order chi connectivity index (χ0) is 18.0. The molecule has 0 saturated heterocycles. The van der Waals surface area contributed by atoms with Gasteiger partial charge in [0.25, 0.3) is 0 Å². The van der Waals surface area contributed by atoms with Gasteiger partial charge in [-0.2, -0.15) is 0 Å². The van der Waals surface area contributed by atoms with Crippen molar-refractivity contribution in [2.24, 2.45) is 0 Å². The highest BCUT2D eigenvalue weighted by Crippen LogP contribution is 2.24. The third-order valence-electron chi connectivity index (χ3n) is 5.01. The predicted octanol–water partition coefficient (Wildman–Crippen LogP) is 4.17. The van der Waals surface area contributed by atoms with Gasteiger partial charge in [0, 0.05) is 19.6 Å². The summed E-state index contributed by atoms with van der Waals surface area (Å²) < 4.78 is 20.4. The van der Waals surface area contributed by atoms with Gasteiger partial charge >= 0.3 is 0 Å². The Morgan fingerprint density at radius 2 is 1.80 bits per heavy atom. The number of hydrogen-bond donors (Lipinski definition) is 1. The molecule has 0 aliphatic carbocycles. The molecule has 0 bridgehead atoms. The highest BCUT2D eigenvalue weighted by molar-refractivity contribution is 7.79. The summed E-state index contributed by atoms with van der Waals surface area (Å²) in [5.74, 6) is 0. The van der Waals surface area contributed by atoms with Gasteiger partial charge in [0.1, 0.15) is 0 Å². The lowest BCUT2D eigenvalue weighted by molar-refractivity contribution is 0.257. The third kappa shape index (κ3) is 4.57. The van der Waals surface area contributed by atoms with Crippen molar-refractivity contribution in [2.75, 3.05) is 13.1 Å². The maximum atomic E-state index is 11.2. The molecule has 0 amide bonds. The smallest absolute Gasteiger partial charge is 0.186 e. The van der Waals surface area contributed by atoms with Gasteiger partial charge in [-0.3, -0.25) is 4.90 Å². The van der Waals surface area contributed by atoms with E-state index in [1.54, 1.807) is 6.07 Å². The number of rotatable bonds is 4. The summed E-state index contributed by atoms with van der Waals surface area (Å²) in [6.07, 6.45) is 2.00. The summed E-state index contributed by atoms with van der Waals surface area (Å²) >= 11 is -1.89. The molecule has 4 heteroatoms. The lowest BCUT2D eigenvalue weighted by atomic mass is 9.86. The van der Waals surface area contributed by atoms with Gasteiger partial charge in [-0.05, 0) is 52.6 Å². The second-order valence-corrected chi connectivity index (χ2v) is 8.87. The van der Waals surface area contributed by atoms with E-state index in [0.29, 0.717) is 4.90 Å². The molecule has 134 valence electrons. The van der Waals surface area contributed by atoms with Crippen LogP contribution in [0.3, 0.4) is 0 Å². The minimum atomic E-state index is -1.89. The van der Waals surface area contributed by atoms with Crippen molar-refractivity contribution in [1.29, 1.82) is 0 Å². The van der Waals surface area contributed by atoms with E-state index >= 15 is 0 Å². The van der Waals surface area contributed by atoms with Crippen molar-refractivity contribution in [2.45, 2.75) is 50.5 Å². The standard InChI is InChI=1S/C21H27NO2S/c1-21(2,3)19-7-4-16(5-8-19)10-12-22-13-11-17-14-20(25(23)24)9-6-18(17)15-22/h4-9,14H,10-13,15H2,1-3H3,(H,23,24). The predicted molar refractivity (Wildman–Crippen MR) is 103 cm³/mol. The van der Waals surface area contributed by atoms with Crippen LogP contribution in [0.25, 0.3) is 0 Å². The van der Waals surface area contributed by atoms with E-state index in [1.165, 1.54) is 22.3 Å². The Bertz CT molecular complexity index is 762. The minimum Gasteiger partial charge on any atom is -0.302 e. The van der Waals surface area contributed by atoms with Crippen LogP contribution in [0, 0.1) is 0 Å². The first-order valence-corrected chi connectivity index (χ1v) is 9.98. The van der Waals surface area contributed by atoms with Crippen LogP contribution in [0.4, 0.5) is 0 Å². The Labute approximate surface area is 153 Å². The largest absolute Gasteiger partial charge is 0.302 e. The van der Waals surface area contributed by atoms with Crippen LogP contribution in [0.15, 0.2) is 47.4 Å². The van der Waals surface area contributed by atoms with Gasteiger partial charge in [-0.15, -0.1) is 0 Å². The molecule has 25 heavy (non-hydrogen) atoms. The van der Waals surface area contributed by atoms with E-state index in [-0.39, 0.29) is 5.41 Å². The highest BCUT2D eigenvalue weighted by Gasteiger charge is 2.17.